The zero-order chi connectivity index (χ0) is 12.1. The lowest BCUT2D eigenvalue weighted by Crippen LogP contribution is -2.50. The summed E-state index contributed by atoms with van der Waals surface area (Å²) in [6.45, 7) is 8.59. The molecule has 0 aliphatic heterocycles. The van der Waals surface area contributed by atoms with Gasteiger partial charge in [0.05, 0.1) is 0 Å². The molecule has 0 radical (unpaired) electrons. The lowest BCUT2D eigenvalue weighted by molar-refractivity contribution is 0.389. The number of nitrogens with one attached hydrogen (secondary N) is 1. The minimum absolute atomic E-state index is 0.338. The van der Waals surface area contributed by atoms with Crippen molar-refractivity contribution in [2.75, 3.05) is 19.6 Å². The van der Waals surface area contributed by atoms with Gasteiger partial charge in [0.1, 0.15) is 0 Å². The van der Waals surface area contributed by atoms with Gasteiger partial charge in [0, 0.05) is 25.2 Å². The fourth-order valence-corrected chi connectivity index (χ4v) is 2.87. The van der Waals surface area contributed by atoms with Crippen LogP contribution in [0.2, 0.25) is 0 Å². The second kappa shape index (κ2) is 5.79. The van der Waals surface area contributed by atoms with Gasteiger partial charge < -0.3 is 5.73 Å². The maximum Gasteiger partial charge on any atom is 0.279 e. The molecule has 0 unspecified atom stereocenters. The average molecular weight is 237 g/mol. The topological polar surface area (TPSA) is 75.4 Å². The van der Waals surface area contributed by atoms with E-state index in [1.165, 1.54) is 4.31 Å². The van der Waals surface area contributed by atoms with E-state index >= 15 is 0 Å². The first kappa shape index (κ1) is 14.8. The van der Waals surface area contributed by atoms with Gasteiger partial charge in [-0.15, -0.1) is 0 Å². The van der Waals surface area contributed by atoms with Crippen LogP contribution in [0.25, 0.3) is 0 Å². The Kier molecular flexibility index (Phi) is 5.72. The molecule has 6 heteroatoms. The summed E-state index contributed by atoms with van der Waals surface area (Å²) in [6.07, 6.45) is 0.783. The summed E-state index contributed by atoms with van der Waals surface area (Å²) < 4.78 is 27.8. The van der Waals surface area contributed by atoms with Crippen LogP contribution < -0.4 is 10.5 Å². The molecule has 0 saturated carbocycles. The molecule has 0 bridgehead atoms. The molecule has 5 nitrogen and oxygen atoms in total. The van der Waals surface area contributed by atoms with Crippen molar-refractivity contribution in [2.24, 2.45) is 5.73 Å². The normalized spacial score (nSPS) is 13.5. The van der Waals surface area contributed by atoms with E-state index in [4.69, 9.17) is 5.73 Å². The predicted octanol–water partition coefficient (Wildman–Crippen LogP) is 0.290. The third-order valence-electron chi connectivity index (χ3n) is 1.63. The molecule has 0 aliphatic carbocycles. The van der Waals surface area contributed by atoms with Crippen LogP contribution in [-0.2, 0) is 10.2 Å². The van der Waals surface area contributed by atoms with E-state index in [1.54, 1.807) is 0 Å². The van der Waals surface area contributed by atoms with Gasteiger partial charge in [-0.25, -0.2) is 0 Å². The fourth-order valence-electron chi connectivity index (χ4n) is 1.20. The number of nitrogens with zero attached hydrogens (tertiary/aromatic N) is 1. The SMILES string of the molecule is CCCN(CCN)S(=O)(=O)NC(C)(C)C. The highest BCUT2D eigenvalue weighted by molar-refractivity contribution is 7.87. The van der Waals surface area contributed by atoms with E-state index in [0.717, 1.165) is 6.42 Å². The van der Waals surface area contributed by atoms with Crippen molar-refractivity contribution in [3.05, 3.63) is 0 Å². The first-order valence-electron chi connectivity index (χ1n) is 5.22. The van der Waals surface area contributed by atoms with Crippen LogP contribution in [0.15, 0.2) is 0 Å². The lowest BCUT2D eigenvalue weighted by Gasteiger charge is -2.27. The standard InChI is InChI=1S/C9H23N3O2S/c1-5-7-12(8-6-10)15(13,14)11-9(2,3)4/h11H,5-8,10H2,1-4H3. The molecule has 0 aliphatic rings. The van der Waals surface area contributed by atoms with Crippen LogP contribution in [0.3, 0.4) is 0 Å². The maximum atomic E-state index is 11.9. The highest BCUT2D eigenvalue weighted by atomic mass is 32.2. The Hall–Kier alpha value is -0.170. The van der Waals surface area contributed by atoms with Crippen molar-refractivity contribution in [2.45, 2.75) is 39.7 Å². The molecular weight excluding hydrogens is 214 g/mol. The fraction of sp³-hybridized carbons (Fsp3) is 1.00. The Bertz CT molecular complexity index is 264. The van der Waals surface area contributed by atoms with Crippen LogP contribution in [-0.4, -0.2) is 37.9 Å². The minimum Gasteiger partial charge on any atom is -0.329 e. The molecule has 15 heavy (non-hydrogen) atoms. The molecule has 0 aromatic rings. The Balaban J connectivity index is 4.64. The first-order valence-corrected chi connectivity index (χ1v) is 6.66. The number of nitrogens with two attached hydrogens (primary N) is 1. The van der Waals surface area contributed by atoms with Crippen molar-refractivity contribution in [3.8, 4) is 0 Å². The number of hydrogen-bond donors (Lipinski definition) is 2. The second-order valence-corrected chi connectivity index (χ2v) is 6.22. The summed E-state index contributed by atoms with van der Waals surface area (Å²) in [4.78, 5) is 0. The van der Waals surface area contributed by atoms with Gasteiger partial charge in [-0.05, 0) is 27.2 Å². The molecule has 0 aromatic carbocycles. The lowest BCUT2D eigenvalue weighted by atomic mass is 10.1. The van der Waals surface area contributed by atoms with E-state index in [0.29, 0.717) is 19.6 Å². The monoisotopic (exact) mass is 237 g/mol. The second-order valence-electron chi connectivity index (χ2n) is 4.54. The molecule has 0 spiro atoms. The van der Waals surface area contributed by atoms with E-state index in [-0.39, 0.29) is 0 Å². The molecule has 3 N–H and O–H groups in total. The van der Waals surface area contributed by atoms with E-state index in [2.05, 4.69) is 4.72 Å². The van der Waals surface area contributed by atoms with Gasteiger partial charge in [-0.1, -0.05) is 6.92 Å². The van der Waals surface area contributed by atoms with Crippen LogP contribution in [0.1, 0.15) is 34.1 Å². The Morgan fingerprint density at radius 1 is 1.27 bits per heavy atom. The largest absolute Gasteiger partial charge is 0.329 e. The minimum atomic E-state index is -3.40. The average Bonchev–Trinajstić information content (AvgIpc) is 1.99. The molecule has 0 saturated heterocycles. The molecule has 0 amide bonds. The van der Waals surface area contributed by atoms with Crippen molar-refractivity contribution < 1.29 is 8.42 Å². The Labute approximate surface area is 93.2 Å². The highest BCUT2D eigenvalue weighted by Gasteiger charge is 2.25. The van der Waals surface area contributed by atoms with Crippen molar-refractivity contribution >= 4 is 10.2 Å². The van der Waals surface area contributed by atoms with Crippen molar-refractivity contribution in [1.29, 1.82) is 0 Å². The predicted molar refractivity (Wildman–Crippen MR) is 62.7 cm³/mol. The molecule has 0 heterocycles. The summed E-state index contributed by atoms with van der Waals surface area (Å²) in [7, 11) is -3.40. The first-order chi connectivity index (χ1) is 6.73. The van der Waals surface area contributed by atoms with Gasteiger partial charge in [-0.3, -0.25) is 0 Å². The molecular formula is C9H23N3O2S. The summed E-state index contributed by atoms with van der Waals surface area (Å²) in [5.41, 5.74) is 4.93. The van der Waals surface area contributed by atoms with Crippen LogP contribution in [0.5, 0.6) is 0 Å². The van der Waals surface area contributed by atoms with Gasteiger partial charge in [0.2, 0.25) is 0 Å². The van der Waals surface area contributed by atoms with E-state index in [1.807, 2.05) is 27.7 Å². The van der Waals surface area contributed by atoms with Crippen molar-refractivity contribution in [1.82, 2.24) is 9.03 Å². The number of hydrogen-bond acceptors (Lipinski definition) is 3. The smallest absolute Gasteiger partial charge is 0.279 e. The molecule has 0 aromatic heterocycles. The zero-order valence-electron chi connectivity index (χ0n) is 10.1. The Morgan fingerprint density at radius 2 is 1.80 bits per heavy atom. The van der Waals surface area contributed by atoms with Gasteiger partial charge in [0.15, 0.2) is 0 Å². The Morgan fingerprint density at radius 3 is 2.13 bits per heavy atom. The van der Waals surface area contributed by atoms with Gasteiger partial charge >= 0.3 is 0 Å². The molecule has 0 atom stereocenters. The summed E-state index contributed by atoms with van der Waals surface area (Å²) in [5, 5.41) is 0. The van der Waals surface area contributed by atoms with E-state index < -0.39 is 15.7 Å². The maximum absolute atomic E-state index is 11.9. The third kappa shape index (κ3) is 6.09. The summed E-state index contributed by atoms with van der Waals surface area (Å²) in [6, 6.07) is 0. The summed E-state index contributed by atoms with van der Waals surface area (Å²) in [5.74, 6) is 0. The van der Waals surface area contributed by atoms with E-state index in [9.17, 15) is 8.42 Å². The van der Waals surface area contributed by atoms with Crippen LogP contribution in [0, 0.1) is 0 Å². The molecule has 0 rings (SSSR count). The quantitative estimate of drug-likeness (QED) is 0.697. The third-order valence-corrected chi connectivity index (χ3v) is 3.54. The highest BCUT2D eigenvalue weighted by Crippen LogP contribution is 2.06. The molecule has 92 valence electrons. The number of rotatable bonds is 6. The molecule has 0 fully saturated rings. The zero-order valence-corrected chi connectivity index (χ0v) is 10.9. The van der Waals surface area contributed by atoms with Gasteiger partial charge in [-0.2, -0.15) is 17.4 Å². The van der Waals surface area contributed by atoms with Crippen LogP contribution in [0.4, 0.5) is 0 Å². The van der Waals surface area contributed by atoms with Crippen LogP contribution >= 0.6 is 0 Å². The van der Waals surface area contributed by atoms with Crippen molar-refractivity contribution in [3.63, 3.8) is 0 Å². The summed E-state index contributed by atoms with van der Waals surface area (Å²) >= 11 is 0. The van der Waals surface area contributed by atoms with Gasteiger partial charge in [0.25, 0.3) is 10.2 Å².